The molecule has 4 aromatic heterocycles. The molecule has 6 rings (SSSR count). The molecule has 6 aromatic rings. The number of rotatable bonds is 16. The van der Waals surface area contributed by atoms with Gasteiger partial charge in [0, 0.05) is 82.2 Å². The highest BCUT2D eigenvalue weighted by Gasteiger charge is 2.42. The summed E-state index contributed by atoms with van der Waals surface area (Å²) in [6.45, 7) is 12.7. The maximum Gasteiger partial charge on any atom is 0.421 e. The number of alkyl halides is 6. The molecule has 0 saturated heterocycles. The first-order chi connectivity index (χ1) is 41.8. The Morgan fingerprint density at radius 3 is 1.50 bits per heavy atom. The summed E-state index contributed by atoms with van der Waals surface area (Å²) in [5.74, 6) is -3.92. The largest absolute Gasteiger partial charge is 0.443 e. The monoisotopic (exact) mass is 1340 g/mol. The number of halogens is 6. The Morgan fingerprint density at radius 2 is 1.01 bits per heavy atom. The van der Waals surface area contributed by atoms with E-state index in [0.717, 1.165) is 45.5 Å². The van der Waals surface area contributed by atoms with Crippen molar-refractivity contribution in [3.63, 3.8) is 0 Å². The molecule has 0 spiro atoms. The van der Waals surface area contributed by atoms with E-state index in [1.54, 1.807) is 32.9 Å². The molecule has 0 radical (unpaired) electrons. The molecule has 4 heterocycles. The lowest BCUT2D eigenvalue weighted by atomic mass is 10.1. The molecule has 0 unspecified atom stereocenters. The predicted octanol–water partition coefficient (Wildman–Crippen LogP) is 9.74. The number of hydrogen-bond donors (Lipinski definition) is 3. The number of carbonyl (C=O) groups is 5. The molecular formula is C56H70F6N16O12S2. The highest BCUT2D eigenvalue weighted by atomic mass is 32.2. The van der Waals surface area contributed by atoms with Crippen molar-refractivity contribution in [2.45, 2.75) is 112 Å². The van der Waals surface area contributed by atoms with Gasteiger partial charge < -0.3 is 30.2 Å². The number of carbonyl (C=O) groups excluding carboxylic acids is 5. The van der Waals surface area contributed by atoms with Crippen molar-refractivity contribution >= 4 is 96.7 Å². The maximum atomic E-state index is 14.7. The zero-order valence-corrected chi connectivity index (χ0v) is 53.4. The zero-order chi connectivity index (χ0) is 68.6. The van der Waals surface area contributed by atoms with Gasteiger partial charge in [0.05, 0.1) is 31.3 Å². The second kappa shape index (κ2) is 29.1. The van der Waals surface area contributed by atoms with Crippen LogP contribution < -0.4 is 34.4 Å². The molecular weight excluding hydrogens is 1270 g/mol. The van der Waals surface area contributed by atoms with E-state index in [1.807, 2.05) is 0 Å². The maximum absolute atomic E-state index is 14.7. The lowest BCUT2D eigenvalue weighted by Gasteiger charge is -2.30. The zero-order valence-electron chi connectivity index (χ0n) is 51.8. The van der Waals surface area contributed by atoms with Gasteiger partial charge in [0.1, 0.15) is 45.1 Å². The fourth-order valence-electron chi connectivity index (χ4n) is 7.27. The van der Waals surface area contributed by atoms with Crippen molar-refractivity contribution < 1.29 is 81.4 Å². The smallest absolute Gasteiger partial charge is 0.421 e. The Bertz CT molecular complexity index is 3870. The second-order valence-electron chi connectivity index (χ2n) is 22.4. The average molecular weight is 1340 g/mol. The van der Waals surface area contributed by atoms with Gasteiger partial charge in [0.25, 0.3) is 11.8 Å². The number of hydrogen-bond acceptors (Lipinski definition) is 22. The van der Waals surface area contributed by atoms with Gasteiger partial charge in [-0.05, 0) is 111 Å². The van der Waals surface area contributed by atoms with Crippen LogP contribution in [0, 0.1) is 0 Å². The van der Waals surface area contributed by atoms with Crippen LogP contribution in [0.25, 0.3) is 0 Å². The summed E-state index contributed by atoms with van der Waals surface area (Å²) < 4.78 is 151. The number of aromatic nitrogens is 8. The fraction of sp³-hybridized carbons (Fsp3) is 0.411. The minimum absolute atomic E-state index is 0. The highest BCUT2D eigenvalue weighted by molar-refractivity contribution is 7.92. The molecule has 0 atom stereocenters. The molecule has 3 N–H and O–H groups in total. The van der Waals surface area contributed by atoms with Gasteiger partial charge >= 0.3 is 30.6 Å². The Labute approximate surface area is 527 Å². The van der Waals surface area contributed by atoms with E-state index in [-0.39, 0.29) is 60.1 Å². The number of nitrogens with zero attached hydrogens (tertiary/aromatic N) is 13. The van der Waals surface area contributed by atoms with Gasteiger partial charge in [-0.1, -0.05) is 7.43 Å². The molecule has 36 heteroatoms. The SMILES string of the molecule is C.CN(C(=O)OC(C)(C)C)C(=O)c1ccc(N(C(=O)OC(C)(C)C)c2ncc(C(F)(F)F)c(N(Cc3nccnc3N(C)S(C)(=O)=O)C(=O)OC(C)(C)C)n2)cc1.CNC(=O)c1ccc(Nc2ncc(C(F)(F)F)c(NCc3nccnc3N(C)S(C)(=O)=O)n2)cc1. The van der Waals surface area contributed by atoms with E-state index in [4.69, 9.17) is 14.2 Å². The topological polar surface area (TPSA) is 337 Å². The van der Waals surface area contributed by atoms with Gasteiger partial charge in [-0.15, -0.1) is 0 Å². The highest BCUT2D eigenvalue weighted by Crippen LogP contribution is 2.40. The minimum atomic E-state index is -5.19. The summed E-state index contributed by atoms with van der Waals surface area (Å²) in [5.41, 5.74) is -5.43. The Hall–Kier alpha value is -9.61. The first-order valence-corrected chi connectivity index (χ1v) is 30.3. The Balaban J connectivity index is 0.000000429. The molecule has 0 aliphatic rings. The van der Waals surface area contributed by atoms with E-state index in [2.05, 4.69) is 55.8 Å². The van der Waals surface area contributed by atoms with Crippen LogP contribution in [0.5, 0.6) is 0 Å². The molecule has 0 saturated carbocycles. The number of amides is 5. The van der Waals surface area contributed by atoms with Crippen LogP contribution in [0.3, 0.4) is 0 Å². The first-order valence-electron chi connectivity index (χ1n) is 26.6. The average Bonchev–Trinajstić information content (AvgIpc) is 0.823. The summed E-state index contributed by atoms with van der Waals surface area (Å²) in [6.07, 6.45) is -5.76. The van der Waals surface area contributed by atoms with E-state index in [0.29, 0.717) is 33.4 Å². The predicted molar refractivity (Wildman–Crippen MR) is 327 cm³/mol. The lowest BCUT2D eigenvalue weighted by Crippen LogP contribution is -2.40. The van der Waals surface area contributed by atoms with Gasteiger partial charge in [0.15, 0.2) is 17.5 Å². The van der Waals surface area contributed by atoms with E-state index in [1.165, 1.54) is 111 Å². The van der Waals surface area contributed by atoms with Crippen molar-refractivity contribution in [2.24, 2.45) is 0 Å². The third-order valence-corrected chi connectivity index (χ3v) is 13.9. The lowest BCUT2D eigenvalue weighted by molar-refractivity contribution is -0.138. The third-order valence-electron chi connectivity index (χ3n) is 11.6. The van der Waals surface area contributed by atoms with Crippen molar-refractivity contribution in [1.29, 1.82) is 0 Å². The molecule has 500 valence electrons. The van der Waals surface area contributed by atoms with Crippen LogP contribution in [0.15, 0.2) is 85.7 Å². The number of nitrogens with one attached hydrogen (secondary N) is 3. The summed E-state index contributed by atoms with van der Waals surface area (Å²) in [7, 11) is -2.57. The summed E-state index contributed by atoms with van der Waals surface area (Å²) in [6, 6.07) is 11.1. The molecule has 92 heavy (non-hydrogen) atoms. The van der Waals surface area contributed by atoms with Crippen LogP contribution in [0.4, 0.5) is 87.3 Å². The third kappa shape index (κ3) is 20.7. The number of benzene rings is 2. The standard InChI is InChI=1S/C35H45F3N8O9S.C20H21F3N8O3S.CH4/c1-32(2,3)53-29(48)43(10)27(47)21-13-15-22(16-14-21)46(31(50)55-34(7,8)9)28-41-19-23(35(36,37)38)25(42-28)45(30(49)54-33(4,5)6)20-24-26(40-18-17-39-24)44(11)56(12,51)52;1-24-18(32)12-4-6-13(7-5-12)29-19-28-10-14(20(21,22)23)16(30-19)27-11-15-17(26-9-8-25-15)31(2)35(3,33)34;/h13-19H,20H2,1-12H3;4-10H,11H2,1-3H3,(H,24,32)(H2,27,28,29,30);1H4. The van der Waals surface area contributed by atoms with Crippen LogP contribution in [0.2, 0.25) is 0 Å². The number of anilines is 8. The Kier molecular flexibility index (Phi) is 23.7. The van der Waals surface area contributed by atoms with Gasteiger partial charge in [0.2, 0.25) is 31.9 Å². The summed E-state index contributed by atoms with van der Waals surface area (Å²) >= 11 is 0. The number of sulfonamides is 2. The fourth-order valence-corrected chi connectivity index (χ4v) is 8.20. The van der Waals surface area contributed by atoms with Crippen molar-refractivity contribution in [3.05, 3.63) is 119 Å². The normalized spacial score (nSPS) is 11.9. The first kappa shape index (κ1) is 74.9. The van der Waals surface area contributed by atoms with Crippen LogP contribution in [0.1, 0.15) is 113 Å². The molecule has 5 amide bonds. The van der Waals surface area contributed by atoms with Crippen molar-refractivity contribution in [3.8, 4) is 0 Å². The summed E-state index contributed by atoms with van der Waals surface area (Å²) in [4.78, 5) is 98.5. The Morgan fingerprint density at radius 1 is 0.554 bits per heavy atom. The number of ether oxygens (including phenoxy) is 3. The van der Waals surface area contributed by atoms with Crippen LogP contribution >= 0.6 is 0 Å². The van der Waals surface area contributed by atoms with E-state index < -0.39 is 109 Å². The van der Waals surface area contributed by atoms with E-state index in [9.17, 15) is 67.2 Å². The molecule has 0 fully saturated rings. The van der Waals surface area contributed by atoms with Crippen molar-refractivity contribution in [2.75, 3.05) is 69.7 Å². The minimum Gasteiger partial charge on any atom is -0.443 e. The van der Waals surface area contributed by atoms with Gasteiger partial charge in [-0.2, -0.15) is 36.3 Å². The molecule has 0 bridgehead atoms. The number of imide groups is 1. The van der Waals surface area contributed by atoms with Crippen LogP contribution in [-0.4, -0.2) is 149 Å². The van der Waals surface area contributed by atoms with Crippen LogP contribution in [-0.2, 0) is 59.7 Å². The molecule has 28 nitrogen and oxygen atoms in total. The molecule has 2 aromatic carbocycles. The van der Waals surface area contributed by atoms with E-state index >= 15 is 0 Å². The molecule has 0 aliphatic carbocycles. The van der Waals surface area contributed by atoms with Gasteiger partial charge in [-0.3, -0.25) is 33.1 Å². The van der Waals surface area contributed by atoms with Gasteiger partial charge in [-0.25, -0.2) is 61.0 Å². The molecule has 0 aliphatic heterocycles. The quantitative estimate of drug-likeness (QED) is 0.0599. The van der Waals surface area contributed by atoms with Crippen molar-refractivity contribution in [1.82, 2.24) is 50.1 Å². The second-order valence-corrected chi connectivity index (χ2v) is 26.4. The summed E-state index contributed by atoms with van der Waals surface area (Å²) in [5, 5.41) is 7.81.